The number of aromatic nitrogens is 2. The third-order valence-corrected chi connectivity index (χ3v) is 2.66. The van der Waals surface area contributed by atoms with Crippen LogP contribution in [0.3, 0.4) is 0 Å². The predicted octanol–water partition coefficient (Wildman–Crippen LogP) is -0.193. The van der Waals surface area contributed by atoms with Crippen molar-refractivity contribution in [2.45, 2.75) is 19.6 Å². The molecule has 1 amide bonds. The maximum atomic E-state index is 11.4. The van der Waals surface area contributed by atoms with Crippen LogP contribution in [0.5, 0.6) is 0 Å². The van der Waals surface area contributed by atoms with Gasteiger partial charge in [-0.25, -0.2) is 4.98 Å². The minimum absolute atomic E-state index is 0.0788. The molecular formula is C12H16N4O2. The molecule has 1 atom stereocenters. The first-order valence-electron chi connectivity index (χ1n) is 5.71. The fourth-order valence-corrected chi connectivity index (χ4v) is 1.71. The van der Waals surface area contributed by atoms with Gasteiger partial charge in [-0.05, 0) is 24.6 Å². The summed E-state index contributed by atoms with van der Waals surface area (Å²) < 4.78 is 0. The van der Waals surface area contributed by atoms with Crippen molar-refractivity contribution >= 4 is 16.9 Å². The van der Waals surface area contributed by atoms with Crippen LogP contribution in [0.25, 0.3) is 11.0 Å². The number of carbonyl (C=O) groups is 1. The zero-order chi connectivity index (χ0) is 13.1. The lowest BCUT2D eigenvalue weighted by molar-refractivity contribution is -0.128. The van der Waals surface area contributed by atoms with Crippen molar-refractivity contribution in [1.29, 1.82) is 0 Å². The van der Waals surface area contributed by atoms with Gasteiger partial charge in [-0.2, -0.15) is 0 Å². The average Bonchev–Trinajstić information content (AvgIpc) is 2.74. The van der Waals surface area contributed by atoms with Crippen LogP contribution in [0, 0.1) is 6.92 Å². The smallest absolute Gasteiger partial charge is 0.250 e. The predicted molar refractivity (Wildman–Crippen MR) is 67.7 cm³/mol. The molecule has 1 aromatic heterocycles. The van der Waals surface area contributed by atoms with Crippen LogP contribution in [-0.4, -0.2) is 33.6 Å². The minimum Gasteiger partial charge on any atom is -0.382 e. The number of amides is 1. The van der Waals surface area contributed by atoms with E-state index in [1.165, 1.54) is 0 Å². The highest BCUT2D eigenvalue weighted by Crippen LogP contribution is 2.13. The standard InChI is InChI=1S/C12H16N4O2/c1-7-15-9-3-2-8(4-10(9)16-7)6-14-12(18)11(17)5-13/h2-4,11,17H,5-6,13H2,1H3,(H,14,18)(H,15,16). The molecule has 0 bridgehead atoms. The molecule has 0 fully saturated rings. The van der Waals surface area contributed by atoms with E-state index in [1.807, 2.05) is 25.1 Å². The SMILES string of the molecule is Cc1nc2ccc(CNC(=O)C(O)CN)cc2[nH]1. The molecular weight excluding hydrogens is 232 g/mol. The van der Waals surface area contributed by atoms with E-state index in [4.69, 9.17) is 5.73 Å². The minimum atomic E-state index is -1.15. The van der Waals surface area contributed by atoms with Crippen molar-refractivity contribution < 1.29 is 9.90 Å². The van der Waals surface area contributed by atoms with E-state index < -0.39 is 12.0 Å². The van der Waals surface area contributed by atoms with Crippen LogP contribution in [0.1, 0.15) is 11.4 Å². The molecule has 18 heavy (non-hydrogen) atoms. The number of rotatable bonds is 4. The number of nitrogens with two attached hydrogens (primary N) is 1. The lowest BCUT2D eigenvalue weighted by Gasteiger charge is -2.09. The molecule has 6 heteroatoms. The second-order valence-corrected chi connectivity index (χ2v) is 4.14. The van der Waals surface area contributed by atoms with Crippen molar-refractivity contribution in [2.75, 3.05) is 6.54 Å². The van der Waals surface area contributed by atoms with Gasteiger partial charge in [0.15, 0.2) is 0 Å². The van der Waals surface area contributed by atoms with Gasteiger partial charge in [-0.15, -0.1) is 0 Å². The molecule has 6 nitrogen and oxygen atoms in total. The Morgan fingerprint density at radius 3 is 3.11 bits per heavy atom. The summed E-state index contributed by atoms with van der Waals surface area (Å²) in [5.74, 6) is 0.392. The number of aliphatic hydroxyl groups is 1. The molecule has 0 saturated heterocycles. The van der Waals surface area contributed by atoms with Crippen molar-refractivity contribution in [3.8, 4) is 0 Å². The summed E-state index contributed by atoms with van der Waals surface area (Å²) >= 11 is 0. The average molecular weight is 248 g/mol. The van der Waals surface area contributed by atoms with E-state index in [9.17, 15) is 9.90 Å². The fourth-order valence-electron chi connectivity index (χ4n) is 1.71. The second kappa shape index (κ2) is 5.16. The Morgan fingerprint density at radius 2 is 2.39 bits per heavy atom. The summed E-state index contributed by atoms with van der Waals surface area (Å²) in [6, 6.07) is 5.70. The summed E-state index contributed by atoms with van der Waals surface area (Å²) in [5.41, 5.74) is 7.95. The van der Waals surface area contributed by atoms with Crippen LogP contribution in [0.4, 0.5) is 0 Å². The molecule has 2 aromatic rings. The number of H-pyrrole nitrogens is 1. The van der Waals surface area contributed by atoms with Gasteiger partial charge in [0.1, 0.15) is 11.9 Å². The number of aryl methyl sites for hydroxylation is 1. The Hall–Kier alpha value is -1.92. The molecule has 0 aliphatic rings. The van der Waals surface area contributed by atoms with Gasteiger partial charge in [-0.3, -0.25) is 4.79 Å². The van der Waals surface area contributed by atoms with Crippen LogP contribution in [0.15, 0.2) is 18.2 Å². The summed E-state index contributed by atoms with van der Waals surface area (Å²) in [4.78, 5) is 18.8. The normalized spacial score (nSPS) is 12.6. The molecule has 0 radical (unpaired) electrons. The molecule has 96 valence electrons. The van der Waals surface area contributed by atoms with Crippen LogP contribution in [-0.2, 0) is 11.3 Å². The summed E-state index contributed by atoms with van der Waals surface area (Å²) in [5, 5.41) is 11.8. The number of imidazole rings is 1. The third-order valence-electron chi connectivity index (χ3n) is 2.66. The highest BCUT2D eigenvalue weighted by atomic mass is 16.3. The molecule has 0 aliphatic carbocycles. The van der Waals surface area contributed by atoms with Crippen molar-refractivity contribution in [3.63, 3.8) is 0 Å². The lowest BCUT2D eigenvalue weighted by Crippen LogP contribution is -2.38. The van der Waals surface area contributed by atoms with E-state index in [1.54, 1.807) is 0 Å². The Balaban J connectivity index is 2.05. The maximum Gasteiger partial charge on any atom is 0.250 e. The van der Waals surface area contributed by atoms with E-state index >= 15 is 0 Å². The quantitative estimate of drug-likeness (QED) is 0.602. The molecule has 2 rings (SSSR count). The van der Waals surface area contributed by atoms with Crippen LogP contribution >= 0.6 is 0 Å². The van der Waals surface area contributed by atoms with Crippen molar-refractivity contribution in [3.05, 3.63) is 29.6 Å². The highest BCUT2D eigenvalue weighted by molar-refractivity contribution is 5.81. The maximum absolute atomic E-state index is 11.4. The fraction of sp³-hybridized carbons (Fsp3) is 0.333. The summed E-state index contributed by atoms with van der Waals surface area (Å²) in [7, 11) is 0. The number of aromatic amines is 1. The number of nitrogens with zero attached hydrogens (tertiary/aromatic N) is 1. The number of benzene rings is 1. The first kappa shape index (κ1) is 12.5. The number of hydrogen-bond donors (Lipinski definition) is 4. The topological polar surface area (TPSA) is 104 Å². The Kier molecular flexibility index (Phi) is 3.59. The molecule has 5 N–H and O–H groups in total. The molecule has 1 unspecified atom stereocenters. The Bertz CT molecular complexity index is 564. The van der Waals surface area contributed by atoms with Crippen molar-refractivity contribution in [2.24, 2.45) is 5.73 Å². The Morgan fingerprint density at radius 1 is 1.61 bits per heavy atom. The van der Waals surface area contributed by atoms with E-state index in [2.05, 4.69) is 15.3 Å². The number of fused-ring (bicyclic) bond motifs is 1. The van der Waals surface area contributed by atoms with Gasteiger partial charge in [0.05, 0.1) is 11.0 Å². The highest BCUT2D eigenvalue weighted by Gasteiger charge is 2.11. The number of nitrogens with one attached hydrogen (secondary N) is 2. The van der Waals surface area contributed by atoms with Crippen molar-refractivity contribution in [1.82, 2.24) is 15.3 Å². The van der Waals surface area contributed by atoms with E-state index in [0.717, 1.165) is 22.4 Å². The van der Waals surface area contributed by atoms with Crippen LogP contribution in [0.2, 0.25) is 0 Å². The number of hydrogen-bond acceptors (Lipinski definition) is 4. The largest absolute Gasteiger partial charge is 0.382 e. The zero-order valence-corrected chi connectivity index (χ0v) is 10.1. The molecule has 0 spiro atoms. The number of carbonyl (C=O) groups excluding carboxylic acids is 1. The summed E-state index contributed by atoms with van der Waals surface area (Å²) in [6.07, 6.45) is -1.15. The van der Waals surface area contributed by atoms with Gasteiger partial charge >= 0.3 is 0 Å². The molecule has 1 heterocycles. The zero-order valence-electron chi connectivity index (χ0n) is 10.1. The van der Waals surface area contributed by atoms with E-state index in [-0.39, 0.29) is 6.54 Å². The third kappa shape index (κ3) is 2.66. The van der Waals surface area contributed by atoms with Crippen LogP contribution < -0.4 is 11.1 Å². The van der Waals surface area contributed by atoms with Gasteiger partial charge in [0.2, 0.25) is 5.91 Å². The van der Waals surface area contributed by atoms with Gasteiger partial charge < -0.3 is 21.1 Å². The van der Waals surface area contributed by atoms with Gasteiger partial charge in [0, 0.05) is 13.1 Å². The Labute approximate surface area is 104 Å². The first-order valence-corrected chi connectivity index (χ1v) is 5.71. The summed E-state index contributed by atoms with van der Waals surface area (Å²) in [6.45, 7) is 2.16. The number of aliphatic hydroxyl groups excluding tert-OH is 1. The molecule has 0 saturated carbocycles. The first-order chi connectivity index (χ1) is 8.60. The molecule has 1 aromatic carbocycles. The van der Waals surface area contributed by atoms with E-state index in [0.29, 0.717) is 6.54 Å². The van der Waals surface area contributed by atoms with Gasteiger partial charge in [-0.1, -0.05) is 6.07 Å². The lowest BCUT2D eigenvalue weighted by atomic mass is 10.2. The van der Waals surface area contributed by atoms with Gasteiger partial charge in [0.25, 0.3) is 0 Å². The second-order valence-electron chi connectivity index (χ2n) is 4.14. The molecule has 0 aliphatic heterocycles. The monoisotopic (exact) mass is 248 g/mol.